The zero-order valence-corrected chi connectivity index (χ0v) is 12.0. The SMILES string of the molecule is O=C(NCC[C@H](O)C(=O)O)c1cc2c(s1)CCCCC2. The lowest BCUT2D eigenvalue weighted by Crippen LogP contribution is -2.29. The van der Waals surface area contributed by atoms with Crippen molar-refractivity contribution in [3.8, 4) is 0 Å². The molecule has 3 N–H and O–H groups in total. The maximum absolute atomic E-state index is 12.0. The number of carboxylic acid groups (broad SMARTS) is 1. The van der Waals surface area contributed by atoms with E-state index in [0.29, 0.717) is 4.88 Å². The van der Waals surface area contributed by atoms with Gasteiger partial charge in [-0.3, -0.25) is 4.79 Å². The Morgan fingerprint density at radius 1 is 1.30 bits per heavy atom. The number of fused-ring (bicyclic) bond motifs is 1. The zero-order chi connectivity index (χ0) is 14.5. The Hall–Kier alpha value is -1.40. The molecule has 20 heavy (non-hydrogen) atoms. The van der Waals surface area contributed by atoms with Gasteiger partial charge in [0.05, 0.1) is 4.88 Å². The van der Waals surface area contributed by atoms with Crippen LogP contribution in [0.4, 0.5) is 0 Å². The maximum Gasteiger partial charge on any atom is 0.332 e. The van der Waals surface area contributed by atoms with E-state index in [4.69, 9.17) is 10.2 Å². The molecule has 2 rings (SSSR count). The van der Waals surface area contributed by atoms with Crippen LogP contribution < -0.4 is 5.32 Å². The van der Waals surface area contributed by atoms with Crippen LogP contribution in [0.15, 0.2) is 6.07 Å². The normalized spacial score (nSPS) is 16.1. The number of amides is 1. The summed E-state index contributed by atoms with van der Waals surface area (Å²) < 4.78 is 0. The third-order valence-electron chi connectivity index (χ3n) is 3.46. The summed E-state index contributed by atoms with van der Waals surface area (Å²) in [6.07, 6.45) is 4.29. The zero-order valence-electron chi connectivity index (χ0n) is 11.2. The van der Waals surface area contributed by atoms with Crippen LogP contribution in [0, 0.1) is 0 Å². The summed E-state index contributed by atoms with van der Waals surface area (Å²) in [6.45, 7) is 0.162. The van der Waals surface area contributed by atoms with Gasteiger partial charge in [0, 0.05) is 17.8 Å². The quantitative estimate of drug-likeness (QED) is 0.720. The Balaban J connectivity index is 1.88. The molecule has 110 valence electrons. The number of aliphatic carboxylic acids is 1. The number of rotatable bonds is 5. The molecule has 0 unspecified atom stereocenters. The van der Waals surface area contributed by atoms with Crippen molar-refractivity contribution in [2.24, 2.45) is 0 Å². The number of nitrogens with one attached hydrogen (secondary N) is 1. The van der Waals surface area contributed by atoms with Gasteiger partial charge in [-0.1, -0.05) is 6.42 Å². The summed E-state index contributed by atoms with van der Waals surface area (Å²) in [5, 5.41) is 20.3. The Morgan fingerprint density at radius 3 is 2.80 bits per heavy atom. The predicted octanol–water partition coefficient (Wildman–Crippen LogP) is 1.58. The Labute approximate surface area is 121 Å². The van der Waals surface area contributed by atoms with Crippen LogP contribution in [0.2, 0.25) is 0 Å². The van der Waals surface area contributed by atoms with E-state index in [1.54, 1.807) is 0 Å². The number of aliphatic hydroxyl groups is 1. The summed E-state index contributed by atoms with van der Waals surface area (Å²) in [6, 6.07) is 1.95. The molecule has 0 spiro atoms. The molecule has 5 nitrogen and oxygen atoms in total. The van der Waals surface area contributed by atoms with Crippen LogP contribution in [0.3, 0.4) is 0 Å². The third-order valence-corrected chi connectivity index (χ3v) is 4.69. The summed E-state index contributed by atoms with van der Waals surface area (Å²) in [5.74, 6) is -1.44. The monoisotopic (exact) mass is 297 g/mol. The van der Waals surface area contributed by atoms with Crippen molar-refractivity contribution in [1.29, 1.82) is 0 Å². The van der Waals surface area contributed by atoms with Gasteiger partial charge in [0.2, 0.25) is 0 Å². The molecular formula is C14H19NO4S. The summed E-state index contributed by atoms with van der Waals surface area (Å²) in [5.41, 5.74) is 1.28. The van der Waals surface area contributed by atoms with E-state index >= 15 is 0 Å². The van der Waals surface area contributed by atoms with Crippen molar-refractivity contribution in [1.82, 2.24) is 5.32 Å². The Morgan fingerprint density at radius 2 is 2.05 bits per heavy atom. The summed E-state index contributed by atoms with van der Waals surface area (Å²) in [7, 11) is 0. The summed E-state index contributed by atoms with van der Waals surface area (Å²) in [4.78, 5) is 24.4. The number of carbonyl (C=O) groups is 2. The molecule has 0 aromatic carbocycles. The fourth-order valence-corrected chi connectivity index (χ4v) is 3.48. The molecule has 0 fully saturated rings. The van der Waals surface area contributed by atoms with Crippen molar-refractivity contribution in [2.75, 3.05) is 6.54 Å². The largest absolute Gasteiger partial charge is 0.479 e. The van der Waals surface area contributed by atoms with Crippen molar-refractivity contribution in [2.45, 2.75) is 44.6 Å². The molecule has 0 bridgehead atoms. The lowest BCUT2D eigenvalue weighted by molar-refractivity contribution is -0.146. The van der Waals surface area contributed by atoms with Crippen molar-refractivity contribution < 1.29 is 19.8 Å². The first kappa shape index (κ1) is 15.0. The van der Waals surface area contributed by atoms with Gasteiger partial charge in [-0.2, -0.15) is 0 Å². The van der Waals surface area contributed by atoms with Crippen molar-refractivity contribution in [3.63, 3.8) is 0 Å². The number of hydrogen-bond acceptors (Lipinski definition) is 4. The van der Waals surface area contributed by atoms with Gasteiger partial charge in [0.15, 0.2) is 6.10 Å². The molecule has 0 saturated heterocycles. The fourth-order valence-electron chi connectivity index (χ4n) is 2.31. The van der Waals surface area contributed by atoms with Gasteiger partial charge < -0.3 is 15.5 Å². The molecule has 0 aliphatic heterocycles. The Kier molecular flexibility index (Phi) is 5.14. The smallest absolute Gasteiger partial charge is 0.332 e. The first-order valence-corrected chi connectivity index (χ1v) is 7.70. The van der Waals surface area contributed by atoms with Crippen LogP contribution in [0.5, 0.6) is 0 Å². The number of aryl methyl sites for hydroxylation is 2. The minimum Gasteiger partial charge on any atom is -0.479 e. The lowest BCUT2D eigenvalue weighted by atomic mass is 10.1. The lowest BCUT2D eigenvalue weighted by Gasteiger charge is -2.06. The second-order valence-electron chi connectivity index (χ2n) is 5.02. The second-order valence-corrected chi connectivity index (χ2v) is 6.16. The summed E-state index contributed by atoms with van der Waals surface area (Å²) >= 11 is 1.53. The van der Waals surface area contributed by atoms with E-state index in [2.05, 4.69) is 5.32 Å². The second kappa shape index (κ2) is 6.85. The van der Waals surface area contributed by atoms with Crippen LogP contribution >= 0.6 is 11.3 Å². The number of aliphatic hydroxyl groups excluding tert-OH is 1. The molecule has 1 aliphatic rings. The standard InChI is InChI=1S/C14H19NO4S/c16-10(14(18)19)6-7-15-13(17)12-8-9-4-2-1-3-5-11(9)20-12/h8,10,16H,1-7H2,(H,15,17)(H,18,19)/t10-/m0/s1. The van der Waals surface area contributed by atoms with Gasteiger partial charge in [0.1, 0.15) is 0 Å². The van der Waals surface area contributed by atoms with Gasteiger partial charge in [0.25, 0.3) is 5.91 Å². The van der Waals surface area contributed by atoms with Gasteiger partial charge in [-0.05, 0) is 37.3 Å². The average Bonchev–Trinajstić information content (AvgIpc) is 2.70. The first-order chi connectivity index (χ1) is 9.58. The molecule has 0 radical (unpaired) electrons. The van der Waals surface area contributed by atoms with E-state index in [0.717, 1.165) is 12.8 Å². The van der Waals surface area contributed by atoms with E-state index in [1.807, 2.05) is 6.07 Å². The highest BCUT2D eigenvalue weighted by atomic mass is 32.1. The molecule has 1 aliphatic carbocycles. The van der Waals surface area contributed by atoms with Crippen LogP contribution in [0.1, 0.15) is 45.8 Å². The fraction of sp³-hybridized carbons (Fsp3) is 0.571. The maximum atomic E-state index is 12.0. The topological polar surface area (TPSA) is 86.6 Å². The van der Waals surface area contributed by atoms with Crippen molar-refractivity contribution in [3.05, 3.63) is 21.4 Å². The molecule has 1 amide bonds. The molecule has 0 saturated carbocycles. The minimum absolute atomic E-state index is 0.0200. The van der Waals surface area contributed by atoms with E-state index in [9.17, 15) is 9.59 Å². The average molecular weight is 297 g/mol. The number of hydrogen-bond donors (Lipinski definition) is 3. The Bertz CT molecular complexity index is 474. The number of carbonyl (C=O) groups excluding carboxylic acids is 1. The highest BCUT2D eigenvalue weighted by molar-refractivity contribution is 7.14. The third kappa shape index (κ3) is 3.80. The van der Waals surface area contributed by atoms with Gasteiger partial charge in [-0.15, -0.1) is 11.3 Å². The predicted molar refractivity (Wildman–Crippen MR) is 76.2 cm³/mol. The number of thiophene rings is 1. The number of carboxylic acids is 1. The highest BCUT2D eigenvalue weighted by Crippen LogP contribution is 2.28. The van der Waals surface area contributed by atoms with Crippen LogP contribution in [-0.4, -0.2) is 34.7 Å². The van der Waals surface area contributed by atoms with Crippen LogP contribution in [-0.2, 0) is 17.6 Å². The molecular weight excluding hydrogens is 278 g/mol. The first-order valence-electron chi connectivity index (χ1n) is 6.88. The minimum atomic E-state index is -1.42. The molecule has 1 atom stereocenters. The molecule has 1 aromatic heterocycles. The van der Waals surface area contributed by atoms with Crippen molar-refractivity contribution >= 4 is 23.2 Å². The molecule has 1 heterocycles. The van der Waals surface area contributed by atoms with Gasteiger partial charge in [-0.25, -0.2) is 4.79 Å². The van der Waals surface area contributed by atoms with Gasteiger partial charge >= 0.3 is 5.97 Å². The molecule has 6 heteroatoms. The highest BCUT2D eigenvalue weighted by Gasteiger charge is 2.17. The van der Waals surface area contributed by atoms with E-state index in [-0.39, 0.29) is 18.9 Å². The van der Waals surface area contributed by atoms with Crippen LogP contribution in [0.25, 0.3) is 0 Å². The van der Waals surface area contributed by atoms with E-state index < -0.39 is 12.1 Å². The van der Waals surface area contributed by atoms with E-state index in [1.165, 1.54) is 41.0 Å². The molecule has 1 aromatic rings.